The largest absolute Gasteiger partial charge is 0.458 e. The fraction of sp³-hybridized carbons (Fsp3) is 0.917. The van der Waals surface area contributed by atoms with E-state index in [0.29, 0.717) is 54.8 Å². The summed E-state index contributed by atoms with van der Waals surface area (Å²) in [6.45, 7) is 4.77. The molecule has 7 rings (SSSR count). The third-order valence-electron chi connectivity index (χ3n) is 11.6. The molecule has 28 heavy (non-hydrogen) atoms. The number of carbonyl (C=O) groups is 2. The Morgan fingerprint density at radius 1 is 0.929 bits per heavy atom. The van der Waals surface area contributed by atoms with E-state index in [1.165, 1.54) is 6.42 Å². The van der Waals surface area contributed by atoms with E-state index >= 15 is 0 Å². The van der Waals surface area contributed by atoms with Gasteiger partial charge in [0, 0.05) is 36.0 Å². The number of ketones is 1. The molecule has 7 aliphatic rings. The number of fused-ring (bicyclic) bond motifs is 12. The lowest BCUT2D eigenvalue weighted by atomic mass is 9.42. The van der Waals surface area contributed by atoms with Crippen LogP contribution in [0, 0.1) is 52.3 Å². The lowest BCUT2D eigenvalue weighted by Gasteiger charge is -2.64. The zero-order chi connectivity index (χ0) is 19.3. The smallest absolute Gasteiger partial charge is 0.306 e. The topological polar surface area (TPSA) is 63.6 Å². The van der Waals surface area contributed by atoms with Crippen molar-refractivity contribution in [1.29, 1.82) is 0 Å². The van der Waals surface area contributed by atoms with Crippen molar-refractivity contribution in [3.05, 3.63) is 0 Å². The first-order chi connectivity index (χ1) is 13.3. The molecule has 7 fully saturated rings. The summed E-state index contributed by atoms with van der Waals surface area (Å²) in [7, 11) is 0. The van der Waals surface area contributed by atoms with E-state index in [-0.39, 0.29) is 28.2 Å². The molecule has 11 atom stereocenters. The van der Waals surface area contributed by atoms with Crippen molar-refractivity contribution in [2.45, 2.75) is 82.8 Å². The fourth-order valence-corrected chi connectivity index (χ4v) is 10.3. The van der Waals surface area contributed by atoms with Crippen molar-refractivity contribution in [3.8, 4) is 0 Å². The van der Waals surface area contributed by atoms with E-state index in [1.54, 1.807) is 0 Å². The molecule has 6 aliphatic carbocycles. The Morgan fingerprint density at radius 2 is 1.71 bits per heavy atom. The Morgan fingerprint density at radius 3 is 2.46 bits per heavy atom. The van der Waals surface area contributed by atoms with Crippen molar-refractivity contribution in [2.75, 3.05) is 0 Å². The van der Waals surface area contributed by atoms with Crippen LogP contribution in [-0.2, 0) is 14.3 Å². The van der Waals surface area contributed by atoms with Crippen LogP contribution in [0.2, 0.25) is 0 Å². The van der Waals surface area contributed by atoms with Crippen molar-refractivity contribution in [3.63, 3.8) is 0 Å². The Kier molecular flexibility index (Phi) is 2.74. The van der Waals surface area contributed by atoms with Crippen molar-refractivity contribution in [1.82, 2.24) is 0 Å². The Hall–Kier alpha value is -0.900. The summed E-state index contributed by atoms with van der Waals surface area (Å²) in [5, 5.41) is 11.8. The van der Waals surface area contributed by atoms with Gasteiger partial charge in [0.15, 0.2) is 0 Å². The van der Waals surface area contributed by atoms with Gasteiger partial charge in [0.25, 0.3) is 0 Å². The standard InChI is InChI=1S/C24H32O4/c1-21-6-3-12(25)11-23(21,27)16-9-13(16)19-15(21)4-7-22(2)20(19)14-10-17(14)24(22)8-5-18(26)28-24/h13-17,19-20,27H,3-11H2,1-2H3/t13?,14-,15?,16-,17+,19?,20?,21-,22+,23-,24?/m1/s1. The molecule has 4 heteroatoms. The molecular formula is C24H32O4. The predicted molar refractivity (Wildman–Crippen MR) is 101 cm³/mol. The van der Waals surface area contributed by atoms with Gasteiger partial charge in [-0.3, -0.25) is 9.59 Å². The minimum absolute atomic E-state index is 0.0229. The average Bonchev–Trinajstić information content (AvgIpc) is 3.54. The number of aliphatic hydroxyl groups is 1. The van der Waals surface area contributed by atoms with E-state index in [2.05, 4.69) is 13.8 Å². The Labute approximate surface area is 166 Å². The third kappa shape index (κ3) is 1.55. The number of hydrogen-bond donors (Lipinski definition) is 1. The Bertz CT molecular complexity index is 821. The predicted octanol–water partition coefficient (Wildman–Crippen LogP) is 3.50. The van der Waals surface area contributed by atoms with E-state index in [9.17, 15) is 14.7 Å². The van der Waals surface area contributed by atoms with Gasteiger partial charge in [0.1, 0.15) is 11.4 Å². The zero-order valence-corrected chi connectivity index (χ0v) is 17.1. The SMILES string of the molecule is C[C@]12CCC3C(C4C[C@H]4[C@]4(O)CC(=O)CC[C@]34C)C1[C@@H]1C[C@@H]1C21CCC(=O)O1. The van der Waals surface area contributed by atoms with Crippen LogP contribution in [0.25, 0.3) is 0 Å². The van der Waals surface area contributed by atoms with Crippen molar-refractivity contribution < 1.29 is 19.4 Å². The second kappa shape index (κ2) is 4.55. The van der Waals surface area contributed by atoms with Crippen molar-refractivity contribution in [2.24, 2.45) is 52.3 Å². The molecule has 0 aromatic heterocycles. The monoisotopic (exact) mass is 384 g/mol. The second-order valence-electron chi connectivity index (χ2n) is 12.1. The van der Waals surface area contributed by atoms with Crippen LogP contribution in [0.3, 0.4) is 0 Å². The highest BCUT2D eigenvalue weighted by molar-refractivity contribution is 5.81. The highest BCUT2D eigenvalue weighted by Gasteiger charge is 2.83. The molecule has 1 heterocycles. The van der Waals surface area contributed by atoms with Crippen LogP contribution in [0.4, 0.5) is 0 Å². The summed E-state index contributed by atoms with van der Waals surface area (Å²) >= 11 is 0. The van der Waals surface area contributed by atoms with Gasteiger partial charge in [-0.25, -0.2) is 0 Å². The van der Waals surface area contributed by atoms with Gasteiger partial charge in [0.2, 0.25) is 0 Å². The Balaban J connectivity index is 1.32. The summed E-state index contributed by atoms with van der Waals surface area (Å²) in [6, 6.07) is 0. The third-order valence-corrected chi connectivity index (χ3v) is 11.6. The number of hydrogen-bond acceptors (Lipinski definition) is 4. The molecule has 0 amide bonds. The fourth-order valence-electron chi connectivity index (χ4n) is 10.3. The average molecular weight is 385 g/mol. The summed E-state index contributed by atoms with van der Waals surface area (Å²) in [5.41, 5.74) is -0.943. The summed E-state index contributed by atoms with van der Waals surface area (Å²) in [4.78, 5) is 24.4. The van der Waals surface area contributed by atoms with Gasteiger partial charge in [0.05, 0.1) is 5.60 Å². The number of ether oxygens (including phenoxy) is 1. The van der Waals surface area contributed by atoms with Crippen LogP contribution in [0.15, 0.2) is 0 Å². The maximum absolute atomic E-state index is 12.3. The van der Waals surface area contributed by atoms with Gasteiger partial charge < -0.3 is 9.84 Å². The molecular weight excluding hydrogens is 352 g/mol. The first-order valence-corrected chi connectivity index (χ1v) is 11.7. The lowest BCUT2D eigenvalue weighted by molar-refractivity contribution is -0.223. The van der Waals surface area contributed by atoms with Crippen LogP contribution in [0.5, 0.6) is 0 Å². The van der Waals surface area contributed by atoms with Gasteiger partial charge >= 0.3 is 5.97 Å². The van der Waals surface area contributed by atoms with E-state index in [4.69, 9.17) is 4.74 Å². The van der Waals surface area contributed by atoms with E-state index in [1.807, 2.05) is 0 Å². The van der Waals surface area contributed by atoms with Crippen LogP contribution in [0.1, 0.15) is 71.6 Å². The molecule has 5 unspecified atom stereocenters. The molecule has 0 aromatic carbocycles. The highest BCUT2D eigenvalue weighted by atomic mass is 16.6. The first kappa shape index (κ1) is 16.8. The molecule has 1 N–H and O–H groups in total. The highest BCUT2D eigenvalue weighted by Crippen LogP contribution is 2.83. The normalized spacial score (nSPS) is 65.8. The van der Waals surface area contributed by atoms with Crippen LogP contribution >= 0.6 is 0 Å². The van der Waals surface area contributed by atoms with Crippen LogP contribution < -0.4 is 0 Å². The molecule has 0 radical (unpaired) electrons. The maximum atomic E-state index is 12.3. The lowest BCUT2D eigenvalue weighted by Crippen LogP contribution is -2.65. The molecule has 152 valence electrons. The van der Waals surface area contributed by atoms with Crippen LogP contribution in [-0.4, -0.2) is 28.1 Å². The molecule has 1 aliphatic heterocycles. The number of esters is 1. The molecule has 0 bridgehead atoms. The van der Waals surface area contributed by atoms with E-state index in [0.717, 1.165) is 38.0 Å². The molecule has 0 aromatic rings. The minimum atomic E-state index is -0.763. The second-order valence-corrected chi connectivity index (χ2v) is 12.1. The van der Waals surface area contributed by atoms with Gasteiger partial charge in [-0.1, -0.05) is 13.8 Å². The maximum Gasteiger partial charge on any atom is 0.306 e. The molecule has 1 spiro atoms. The number of rotatable bonds is 0. The summed E-state index contributed by atoms with van der Waals surface area (Å²) < 4.78 is 6.20. The van der Waals surface area contributed by atoms with Gasteiger partial charge in [-0.05, 0) is 74.0 Å². The van der Waals surface area contributed by atoms with Gasteiger partial charge in [-0.15, -0.1) is 0 Å². The molecule has 6 saturated carbocycles. The molecule has 4 nitrogen and oxygen atoms in total. The quantitative estimate of drug-likeness (QED) is 0.649. The van der Waals surface area contributed by atoms with Crippen molar-refractivity contribution >= 4 is 11.8 Å². The zero-order valence-electron chi connectivity index (χ0n) is 17.1. The number of Topliss-reactive ketones (excluding diaryl/α,β-unsaturated/α-hetero) is 1. The number of carbonyl (C=O) groups excluding carboxylic acids is 2. The first-order valence-electron chi connectivity index (χ1n) is 11.7. The minimum Gasteiger partial charge on any atom is -0.458 e. The van der Waals surface area contributed by atoms with Gasteiger partial charge in [-0.2, -0.15) is 0 Å². The summed E-state index contributed by atoms with van der Waals surface area (Å²) in [5.74, 6) is 4.36. The van der Waals surface area contributed by atoms with E-state index < -0.39 is 5.60 Å². The summed E-state index contributed by atoms with van der Waals surface area (Å²) in [6.07, 6.45) is 8.04. The molecule has 1 saturated heterocycles.